The van der Waals surface area contributed by atoms with Gasteiger partial charge in [-0.1, -0.05) is 17.7 Å². The van der Waals surface area contributed by atoms with Gasteiger partial charge in [-0.05, 0) is 24.3 Å². The van der Waals surface area contributed by atoms with Crippen molar-refractivity contribution in [2.24, 2.45) is 0 Å². The maximum absolute atomic E-state index is 12.2. The first-order valence-electron chi connectivity index (χ1n) is 5.69. The Morgan fingerprint density at radius 2 is 2.15 bits per heavy atom. The highest BCUT2D eigenvalue weighted by atomic mass is 35.5. The molecule has 2 aromatic rings. The summed E-state index contributed by atoms with van der Waals surface area (Å²) in [4.78, 5) is 24.2. The number of anilines is 1. The van der Waals surface area contributed by atoms with E-state index in [1.165, 1.54) is 18.6 Å². The van der Waals surface area contributed by atoms with E-state index in [9.17, 15) is 14.7 Å². The van der Waals surface area contributed by atoms with Crippen LogP contribution in [0.25, 0.3) is 11.6 Å². The van der Waals surface area contributed by atoms with E-state index in [4.69, 9.17) is 16.0 Å². The molecule has 0 aliphatic carbocycles. The SMILES string of the molecule is O=C(O)N1C(=O)C(=Cc2ccoc2)c2ccc(Cl)cc21. The van der Waals surface area contributed by atoms with E-state index in [1.807, 2.05) is 0 Å². The van der Waals surface area contributed by atoms with E-state index in [1.54, 1.807) is 24.3 Å². The smallest absolute Gasteiger partial charge is 0.419 e. The lowest BCUT2D eigenvalue weighted by Gasteiger charge is -2.09. The molecule has 1 aromatic heterocycles. The Labute approximate surface area is 118 Å². The maximum Gasteiger partial charge on any atom is 0.419 e. The van der Waals surface area contributed by atoms with Gasteiger partial charge in [0.1, 0.15) is 0 Å². The fraction of sp³-hybridized carbons (Fsp3) is 0. The molecule has 3 rings (SSSR count). The minimum absolute atomic E-state index is 0.268. The lowest BCUT2D eigenvalue weighted by Crippen LogP contribution is -2.31. The summed E-state index contributed by atoms with van der Waals surface area (Å²) in [6.07, 6.45) is 3.19. The molecule has 20 heavy (non-hydrogen) atoms. The number of hydrogen-bond acceptors (Lipinski definition) is 3. The van der Waals surface area contributed by atoms with Gasteiger partial charge in [-0.3, -0.25) is 4.79 Å². The predicted molar refractivity (Wildman–Crippen MR) is 73.5 cm³/mol. The largest absolute Gasteiger partial charge is 0.472 e. The molecule has 0 bridgehead atoms. The van der Waals surface area contributed by atoms with Crippen LogP contribution in [0.2, 0.25) is 5.02 Å². The molecule has 100 valence electrons. The minimum Gasteiger partial charge on any atom is -0.472 e. The molecule has 1 aliphatic heterocycles. The van der Waals surface area contributed by atoms with Crippen molar-refractivity contribution in [2.45, 2.75) is 0 Å². The normalized spacial score (nSPS) is 15.8. The monoisotopic (exact) mass is 289 g/mol. The number of rotatable bonds is 1. The lowest BCUT2D eigenvalue weighted by atomic mass is 10.1. The number of carboxylic acid groups (broad SMARTS) is 1. The lowest BCUT2D eigenvalue weighted by molar-refractivity contribution is -0.112. The first kappa shape index (κ1) is 12.5. The van der Waals surface area contributed by atoms with Gasteiger partial charge < -0.3 is 9.52 Å². The molecule has 0 unspecified atom stereocenters. The number of fused-ring (bicyclic) bond motifs is 1. The third-order valence-corrected chi connectivity index (χ3v) is 3.20. The molecule has 5 nitrogen and oxygen atoms in total. The summed E-state index contributed by atoms with van der Waals surface area (Å²) in [5.74, 6) is -0.601. The predicted octanol–water partition coefficient (Wildman–Crippen LogP) is 3.50. The molecule has 2 heterocycles. The summed E-state index contributed by atoms with van der Waals surface area (Å²) >= 11 is 5.87. The molecule has 0 spiro atoms. The topological polar surface area (TPSA) is 70.8 Å². The number of imide groups is 1. The Morgan fingerprint density at radius 1 is 1.35 bits per heavy atom. The molecule has 0 fully saturated rings. The zero-order valence-electron chi connectivity index (χ0n) is 10.0. The molecule has 1 aromatic carbocycles. The highest BCUT2D eigenvalue weighted by Gasteiger charge is 2.36. The van der Waals surface area contributed by atoms with Crippen LogP contribution in [0.15, 0.2) is 41.2 Å². The minimum atomic E-state index is -1.34. The fourth-order valence-electron chi connectivity index (χ4n) is 2.12. The molecule has 0 atom stereocenters. The van der Waals surface area contributed by atoms with Crippen LogP contribution in [0.5, 0.6) is 0 Å². The van der Waals surface area contributed by atoms with Crippen molar-refractivity contribution in [2.75, 3.05) is 4.90 Å². The summed E-state index contributed by atoms with van der Waals surface area (Å²) in [5.41, 5.74) is 1.77. The second kappa shape index (κ2) is 4.54. The molecular weight excluding hydrogens is 282 g/mol. The van der Waals surface area contributed by atoms with E-state index in [0.29, 0.717) is 26.6 Å². The summed E-state index contributed by atoms with van der Waals surface area (Å²) in [6, 6.07) is 6.38. The van der Waals surface area contributed by atoms with Crippen LogP contribution in [-0.2, 0) is 4.79 Å². The third kappa shape index (κ3) is 1.88. The van der Waals surface area contributed by atoms with E-state index >= 15 is 0 Å². The van der Waals surface area contributed by atoms with Crippen LogP contribution in [0, 0.1) is 0 Å². The van der Waals surface area contributed by atoms with E-state index in [0.717, 1.165) is 0 Å². The van der Waals surface area contributed by atoms with Crippen LogP contribution in [0.4, 0.5) is 10.5 Å². The first-order valence-corrected chi connectivity index (χ1v) is 6.07. The Morgan fingerprint density at radius 3 is 2.80 bits per heavy atom. The number of nitrogens with zero attached hydrogens (tertiary/aromatic N) is 1. The molecule has 0 saturated carbocycles. The number of benzene rings is 1. The zero-order valence-corrected chi connectivity index (χ0v) is 10.8. The quantitative estimate of drug-likeness (QED) is 0.816. The first-order chi connectivity index (χ1) is 9.58. The molecular formula is C14H8ClNO4. The number of carbonyl (C=O) groups is 2. The van der Waals surface area contributed by atoms with Crippen molar-refractivity contribution in [1.29, 1.82) is 0 Å². The van der Waals surface area contributed by atoms with Crippen molar-refractivity contribution >= 4 is 40.9 Å². The summed E-state index contributed by atoms with van der Waals surface area (Å²) in [5, 5.41) is 9.55. The second-order valence-electron chi connectivity index (χ2n) is 4.20. The van der Waals surface area contributed by atoms with Crippen molar-refractivity contribution in [3.8, 4) is 0 Å². The van der Waals surface area contributed by atoms with Gasteiger partial charge in [-0.15, -0.1) is 0 Å². The fourth-order valence-corrected chi connectivity index (χ4v) is 2.28. The van der Waals surface area contributed by atoms with Crippen LogP contribution < -0.4 is 4.90 Å². The molecule has 2 amide bonds. The van der Waals surface area contributed by atoms with Crippen molar-refractivity contribution in [3.63, 3.8) is 0 Å². The standard InChI is InChI=1S/C14H8ClNO4/c15-9-1-2-10-11(5-8-3-4-20-7-8)13(17)16(14(18)19)12(10)6-9/h1-7H,(H,18,19). The third-order valence-electron chi connectivity index (χ3n) is 2.97. The average molecular weight is 290 g/mol. The van der Waals surface area contributed by atoms with Crippen LogP contribution in [0.1, 0.15) is 11.1 Å². The highest BCUT2D eigenvalue weighted by molar-refractivity contribution is 6.42. The summed E-state index contributed by atoms with van der Waals surface area (Å²) in [6.45, 7) is 0. The van der Waals surface area contributed by atoms with Gasteiger partial charge in [0.25, 0.3) is 5.91 Å². The van der Waals surface area contributed by atoms with E-state index in [-0.39, 0.29) is 5.69 Å². The van der Waals surface area contributed by atoms with Crippen molar-refractivity contribution < 1.29 is 19.1 Å². The van der Waals surface area contributed by atoms with Gasteiger partial charge in [0.15, 0.2) is 0 Å². The van der Waals surface area contributed by atoms with Gasteiger partial charge in [-0.25, -0.2) is 9.69 Å². The van der Waals surface area contributed by atoms with Crippen LogP contribution >= 0.6 is 11.6 Å². The van der Waals surface area contributed by atoms with Gasteiger partial charge >= 0.3 is 6.09 Å². The number of amides is 2. The molecule has 1 aliphatic rings. The zero-order chi connectivity index (χ0) is 14.3. The summed E-state index contributed by atoms with van der Waals surface area (Å²) in [7, 11) is 0. The van der Waals surface area contributed by atoms with E-state index in [2.05, 4.69) is 0 Å². The molecule has 6 heteroatoms. The molecule has 0 radical (unpaired) electrons. The Balaban J connectivity index is 2.19. The average Bonchev–Trinajstić information content (AvgIpc) is 2.97. The second-order valence-corrected chi connectivity index (χ2v) is 4.64. The Hall–Kier alpha value is -2.53. The maximum atomic E-state index is 12.2. The van der Waals surface area contributed by atoms with Gasteiger partial charge in [-0.2, -0.15) is 0 Å². The van der Waals surface area contributed by atoms with Gasteiger partial charge in [0.2, 0.25) is 0 Å². The highest BCUT2D eigenvalue weighted by Crippen LogP contribution is 2.39. The number of halogens is 1. The van der Waals surface area contributed by atoms with Gasteiger partial charge in [0, 0.05) is 16.1 Å². The van der Waals surface area contributed by atoms with Crippen molar-refractivity contribution in [1.82, 2.24) is 0 Å². The van der Waals surface area contributed by atoms with Crippen LogP contribution in [0.3, 0.4) is 0 Å². The van der Waals surface area contributed by atoms with E-state index < -0.39 is 12.0 Å². The van der Waals surface area contributed by atoms with Gasteiger partial charge in [0.05, 0.1) is 23.8 Å². The van der Waals surface area contributed by atoms with Crippen molar-refractivity contribution in [3.05, 3.63) is 52.9 Å². The molecule has 1 N–H and O–H groups in total. The summed E-state index contributed by atoms with van der Waals surface area (Å²) < 4.78 is 4.93. The number of carbonyl (C=O) groups excluding carboxylic acids is 1. The Bertz CT molecular complexity index is 734. The number of hydrogen-bond donors (Lipinski definition) is 1. The van der Waals surface area contributed by atoms with Crippen LogP contribution in [-0.4, -0.2) is 17.1 Å². The molecule has 0 saturated heterocycles. The number of furan rings is 1. The Kier molecular flexibility index (Phi) is 2.84.